The molecule has 0 bridgehead atoms. The summed E-state index contributed by atoms with van der Waals surface area (Å²) in [6.45, 7) is 1.56. The third kappa shape index (κ3) is 3.93. The largest absolute Gasteiger partial charge is 0.431 e. The molecule has 0 radical (unpaired) electrons. The van der Waals surface area contributed by atoms with Gasteiger partial charge >= 0.3 is 0 Å². The number of benzene rings is 1. The first-order valence-electron chi connectivity index (χ1n) is 6.61. The molecule has 2 rings (SSSR count). The van der Waals surface area contributed by atoms with Crippen LogP contribution < -0.4 is 5.32 Å². The fourth-order valence-electron chi connectivity index (χ4n) is 1.78. The summed E-state index contributed by atoms with van der Waals surface area (Å²) in [5, 5.41) is 2.82. The second kappa shape index (κ2) is 6.86. The lowest BCUT2D eigenvalue weighted by atomic mass is 10.2. The first-order valence-corrected chi connectivity index (χ1v) is 6.61. The zero-order valence-electron chi connectivity index (χ0n) is 11.8. The van der Waals surface area contributed by atoms with E-state index in [-0.39, 0.29) is 11.7 Å². The SMILES string of the molecule is CN(C)CCCNC(=O)c1cnc(-c2ccccc2)o1. The van der Waals surface area contributed by atoms with E-state index in [9.17, 15) is 4.79 Å². The molecule has 1 amide bonds. The molecule has 2 aromatic rings. The Balaban J connectivity index is 1.90. The van der Waals surface area contributed by atoms with Crippen LogP contribution in [0, 0.1) is 0 Å². The maximum absolute atomic E-state index is 11.9. The molecular formula is C15H19N3O2. The van der Waals surface area contributed by atoms with Crippen LogP contribution in [-0.2, 0) is 0 Å². The molecule has 0 aliphatic rings. The smallest absolute Gasteiger partial charge is 0.288 e. The highest BCUT2D eigenvalue weighted by atomic mass is 16.4. The average molecular weight is 273 g/mol. The van der Waals surface area contributed by atoms with Gasteiger partial charge in [0.05, 0.1) is 6.20 Å². The fourth-order valence-corrected chi connectivity index (χ4v) is 1.78. The minimum Gasteiger partial charge on any atom is -0.431 e. The third-order valence-electron chi connectivity index (χ3n) is 2.82. The maximum atomic E-state index is 11.9. The molecule has 0 atom stereocenters. The number of oxazole rings is 1. The normalized spacial score (nSPS) is 10.8. The highest BCUT2D eigenvalue weighted by Crippen LogP contribution is 2.18. The van der Waals surface area contributed by atoms with Crippen molar-refractivity contribution in [1.29, 1.82) is 0 Å². The number of hydrogen-bond acceptors (Lipinski definition) is 4. The van der Waals surface area contributed by atoms with Crippen LogP contribution in [0.1, 0.15) is 17.0 Å². The second-order valence-electron chi connectivity index (χ2n) is 4.81. The lowest BCUT2D eigenvalue weighted by Crippen LogP contribution is -2.26. The summed E-state index contributed by atoms with van der Waals surface area (Å²) < 4.78 is 5.48. The second-order valence-corrected chi connectivity index (χ2v) is 4.81. The van der Waals surface area contributed by atoms with E-state index in [1.54, 1.807) is 0 Å². The zero-order valence-corrected chi connectivity index (χ0v) is 11.8. The van der Waals surface area contributed by atoms with Crippen molar-refractivity contribution >= 4 is 5.91 Å². The number of hydrogen-bond donors (Lipinski definition) is 1. The van der Waals surface area contributed by atoms with Gasteiger partial charge in [-0.25, -0.2) is 4.98 Å². The molecule has 1 aromatic heterocycles. The summed E-state index contributed by atoms with van der Waals surface area (Å²) in [5.41, 5.74) is 0.860. The van der Waals surface area contributed by atoms with Crippen LogP contribution in [0.2, 0.25) is 0 Å². The molecule has 106 valence electrons. The van der Waals surface area contributed by atoms with E-state index in [0.29, 0.717) is 12.4 Å². The van der Waals surface area contributed by atoms with Gasteiger partial charge in [-0.15, -0.1) is 0 Å². The Hall–Kier alpha value is -2.14. The van der Waals surface area contributed by atoms with E-state index < -0.39 is 0 Å². The summed E-state index contributed by atoms with van der Waals surface area (Å²) in [6.07, 6.45) is 2.36. The Bertz CT molecular complexity index is 549. The van der Waals surface area contributed by atoms with E-state index in [2.05, 4.69) is 15.2 Å². The summed E-state index contributed by atoms with van der Waals surface area (Å²) in [7, 11) is 4.01. The van der Waals surface area contributed by atoms with Crippen LogP contribution in [0.5, 0.6) is 0 Å². The van der Waals surface area contributed by atoms with Crippen LogP contribution in [0.25, 0.3) is 11.5 Å². The standard InChI is InChI=1S/C15H19N3O2/c1-18(2)10-6-9-16-14(19)13-11-17-15(20-13)12-7-4-3-5-8-12/h3-5,7-8,11H,6,9-10H2,1-2H3,(H,16,19). The van der Waals surface area contributed by atoms with Gasteiger partial charge in [0.1, 0.15) is 0 Å². The van der Waals surface area contributed by atoms with Crippen molar-refractivity contribution in [3.63, 3.8) is 0 Å². The minimum absolute atomic E-state index is 0.224. The minimum atomic E-state index is -0.224. The molecule has 20 heavy (non-hydrogen) atoms. The van der Waals surface area contributed by atoms with Crippen LogP contribution in [-0.4, -0.2) is 43.0 Å². The zero-order chi connectivity index (χ0) is 14.4. The van der Waals surface area contributed by atoms with Crippen molar-refractivity contribution in [2.24, 2.45) is 0 Å². The topological polar surface area (TPSA) is 58.4 Å². The van der Waals surface area contributed by atoms with Crippen LogP contribution in [0.15, 0.2) is 40.9 Å². The van der Waals surface area contributed by atoms with Crippen LogP contribution >= 0.6 is 0 Å². The molecule has 1 N–H and O–H groups in total. The van der Waals surface area contributed by atoms with Crippen LogP contribution in [0.3, 0.4) is 0 Å². The van der Waals surface area contributed by atoms with Gasteiger partial charge in [0, 0.05) is 12.1 Å². The van der Waals surface area contributed by atoms with Gasteiger partial charge in [0.2, 0.25) is 11.7 Å². The Morgan fingerprint density at radius 1 is 1.30 bits per heavy atom. The first kappa shape index (κ1) is 14.3. The molecule has 0 saturated heterocycles. The summed E-state index contributed by atoms with van der Waals surface area (Å²) in [4.78, 5) is 18.1. The monoisotopic (exact) mass is 273 g/mol. The lowest BCUT2D eigenvalue weighted by Gasteiger charge is -2.08. The van der Waals surface area contributed by atoms with Gasteiger partial charge in [-0.3, -0.25) is 4.79 Å². The van der Waals surface area contributed by atoms with E-state index in [0.717, 1.165) is 18.5 Å². The van der Waals surface area contributed by atoms with E-state index in [4.69, 9.17) is 4.42 Å². The quantitative estimate of drug-likeness (QED) is 0.818. The van der Waals surface area contributed by atoms with Gasteiger partial charge in [0.25, 0.3) is 5.91 Å². The van der Waals surface area contributed by atoms with Crippen molar-refractivity contribution in [2.45, 2.75) is 6.42 Å². The van der Waals surface area contributed by atoms with E-state index in [1.807, 2.05) is 44.4 Å². The Morgan fingerprint density at radius 3 is 2.75 bits per heavy atom. The molecule has 0 saturated carbocycles. The predicted octanol–water partition coefficient (Wildman–Crippen LogP) is 2.02. The summed E-state index contributed by atoms with van der Waals surface area (Å²) >= 11 is 0. The van der Waals surface area contributed by atoms with Gasteiger partial charge in [-0.05, 0) is 39.2 Å². The Labute approximate surface area is 118 Å². The third-order valence-corrected chi connectivity index (χ3v) is 2.82. The molecule has 5 heteroatoms. The molecule has 0 unspecified atom stereocenters. The summed E-state index contributed by atoms with van der Waals surface area (Å²) in [5.74, 6) is 0.483. The van der Waals surface area contributed by atoms with Crippen molar-refractivity contribution in [2.75, 3.05) is 27.2 Å². The molecule has 0 spiro atoms. The molecule has 0 aliphatic carbocycles. The molecule has 0 fully saturated rings. The maximum Gasteiger partial charge on any atom is 0.288 e. The predicted molar refractivity (Wildman–Crippen MR) is 77.4 cm³/mol. The van der Waals surface area contributed by atoms with Crippen molar-refractivity contribution < 1.29 is 9.21 Å². The Kier molecular flexibility index (Phi) is 4.90. The number of aromatic nitrogens is 1. The van der Waals surface area contributed by atoms with Crippen molar-refractivity contribution in [3.8, 4) is 11.5 Å². The van der Waals surface area contributed by atoms with Gasteiger partial charge in [0.15, 0.2) is 0 Å². The highest BCUT2D eigenvalue weighted by Gasteiger charge is 2.12. The number of rotatable bonds is 6. The van der Waals surface area contributed by atoms with Gasteiger partial charge < -0.3 is 14.6 Å². The molecule has 5 nitrogen and oxygen atoms in total. The molecular weight excluding hydrogens is 254 g/mol. The Morgan fingerprint density at radius 2 is 2.05 bits per heavy atom. The number of nitrogens with one attached hydrogen (secondary N) is 1. The molecule has 1 aromatic carbocycles. The van der Waals surface area contributed by atoms with Crippen molar-refractivity contribution in [1.82, 2.24) is 15.2 Å². The van der Waals surface area contributed by atoms with Gasteiger partial charge in [-0.1, -0.05) is 18.2 Å². The summed E-state index contributed by atoms with van der Waals surface area (Å²) in [6, 6.07) is 9.51. The molecule has 0 aliphatic heterocycles. The van der Waals surface area contributed by atoms with Gasteiger partial charge in [-0.2, -0.15) is 0 Å². The molecule has 1 heterocycles. The van der Waals surface area contributed by atoms with Crippen molar-refractivity contribution in [3.05, 3.63) is 42.3 Å². The average Bonchev–Trinajstić information content (AvgIpc) is 2.94. The lowest BCUT2D eigenvalue weighted by molar-refractivity contribution is 0.0925. The number of amides is 1. The number of carbonyl (C=O) groups is 1. The van der Waals surface area contributed by atoms with E-state index >= 15 is 0 Å². The van der Waals surface area contributed by atoms with E-state index in [1.165, 1.54) is 6.20 Å². The fraction of sp³-hybridized carbons (Fsp3) is 0.333. The highest BCUT2D eigenvalue weighted by molar-refractivity contribution is 5.91. The number of carbonyl (C=O) groups excluding carboxylic acids is 1. The first-order chi connectivity index (χ1) is 9.66. The number of nitrogens with zero attached hydrogens (tertiary/aromatic N) is 2. The van der Waals surface area contributed by atoms with Crippen LogP contribution in [0.4, 0.5) is 0 Å².